The van der Waals surface area contributed by atoms with Gasteiger partial charge in [-0.3, -0.25) is 4.90 Å². The molecule has 0 aliphatic carbocycles. The van der Waals surface area contributed by atoms with E-state index in [1.807, 2.05) is 18.2 Å². The topological polar surface area (TPSA) is 32.7 Å². The molecule has 0 saturated carbocycles. The normalized spacial score (nSPS) is 20.7. The van der Waals surface area contributed by atoms with Gasteiger partial charge in [-0.2, -0.15) is 0 Å². The zero-order valence-corrected chi connectivity index (χ0v) is 10.4. The van der Waals surface area contributed by atoms with Crippen molar-refractivity contribution in [2.75, 3.05) is 26.3 Å². The van der Waals surface area contributed by atoms with E-state index in [0.29, 0.717) is 12.6 Å². The number of aryl methyl sites for hydroxylation is 1. The van der Waals surface area contributed by atoms with E-state index in [2.05, 4.69) is 17.9 Å². The van der Waals surface area contributed by atoms with Gasteiger partial charge in [0, 0.05) is 12.6 Å². The van der Waals surface area contributed by atoms with Crippen LogP contribution in [0.15, 0.2) is 24.3 Å². The standard InChI is InChI=1S/C14H21NO2/c1-12-4-2-6-14(10-12)17-9-8-15-7-3-5-13(15)11-16/h2,4,6,10,13,16H,3,5,7-9,11H2,1H3/t13-/m0/s1. The number of hydrogen-bond acceptors (Lipinski definition) is 3. The molecule has 1 saturated heterocycles. The van der Waals surface area contributed by atoms with E-state index < -0.39 is 0 Å². The molecule has 0 spiro atoms. The Morgan fingerprint density at radius 2 is 2.35 bits per heavy atom. The second kappa shape index (κ2) is 6.03. The van der Waals surface area contributed by atoms with Gasteiger partial charge in [0.15, 0.2) is 0 Å². The molecule has 1 aliphatic rings. The molecule has 17 heavy (non-hydrogen) atoms. The fraction of sp³-hybridized carbons (Fsp3) is 0.571. The molecule has 0 radical (unpaired) electrons. The van der Waals surface area contributed by atoms with Gasteiger partial charge in [0.05, 0.1) is 6.61 Å². The second-order valence-electron chi connectivity index (χ2n) is 4.68. The van der Waals surface area contributed by atoms with Gasteiger partial charge in [-0.05, 0) is 44.0 Å². The zero-order chi connectivity index (χ0) is 12.1. The van der Waals surface area contributed by atoms with Crippen LogP contribution in [-0.4, -0.2) is 42.4 Å². The highest BCUT2D eigenvalue weighted by Crippen LogP contribution is 2.17. The molecule has 1 fully saturated rings. The Labute approximate surface area is 103 Å². The van der Waals surface area contributed by atoms with Crippen molar-refractivity contribution in [3.8, 4) is 5.75 Å². The first-order valence-corrected chi connectivity index (χ1v) is 6.34. The second-order valence-corrected chi connectivity index (χ2v) is 4.68. The van der Waals surface area contributed by atoms with E-state index in [4.69, 9.17) is 4.74 Å². The molecule has 94 valence electrons. The number of ether oxygens (including phenoxy) is 1. The van der Waals surface area contributed by atoms with Gasteiger partial charge in [0.2, 0.25) is 0 Å². The van der Waals surface area contributed by atoms with Crippen LogP contribution in [0.5, 0.6) is 5.75 Å². The molecule has 0 bridgehead atoms. The summed E-state index contributed by atoms with van der Waals surface area (Å²) in [4.78, 5) is 2.32. The van der Waals surface area contributed by atoms with Crippen LogP contribution in [0.4, 0.5) is 0 Å². The van der Waals surface area contributed by atoms with E-state index in [-0.39, 0.29) is 6.61 Å². The third kappa shape index (κ3) is 3.45. The Morgan fingerprint density at radius 3 is 3.12 bits per heavy atom. The molecule has 3 heteroatoms. The fourth-order valence-electron chi connectivity index (χ4n) is 2.38. The maximum absolute atomic E-state index is 9.21. The lowest BCUT2D eigenvalue weighted by atomic mass is 10.2. The number of hydrogen-bond donors (Lipinski definition) is 1. The molecule has 2 rings (SSSR count). The summed E-state index contributed by atoms with van der Waals surface area (Å²) in [5, 5.41) is 9.21. The monoisotopic (exact) mass is 235 g/mol. The highest BCUT2D eigenvalue weighted by molar-refractivity contribution is 5.27. The molecular weight excluding hydrogens is 214 g/mol. The Morgan fingerprint density at radius 1 is 1.47 bits per heavy atom. The highest BCUT2D eigenvalue weighted by atomic mass is 16.5. The summed E-state index contributed by atoms with van der Waals surface area (Å²) in [6, 6.07) is 8.45. The summed E-state index contributed by atoms with van der Waals surface area (Å²) in [6.45, 7) is 5.01. The Balaban J connectivity index is 1.76. The predicted molar refractivity (Wildman–Crippen MR) is 68.4 cm³/mol. The SMILES string of the molecule is Cc1cccc(OCCN2CCC[C@H]2CO)c1. The first kappa shape index (κ1) is 12.4. The van der Waals surface area contributed by atoms with Crippen molar-refractivity contribution in [1.29, 1.82) is 0 Å². The van der Waals surface area contributed by atoms with Gasteiger partial charge in [-0.1, -0.05) is 12.1 Å². The maximum Gasteiger partial charge on any atom is 0.119 e. The van der Waals surface area contributed by atoms with Crippen LogP contribution in [0.3, 0.4) is 0 Å². The van der Waals surface area contributed by atoms with Crippen LogP contribution in [0.1, 0.15) is 18.4 Å². The molecule has 1 atom stereocenters. The lowest BCUT2D eigenvalue weighted by molar-refractivity contribution is 0.139. The molecule has 3 nitrogen and oxygen atoms in total. The molecule has 1 heterocycles. The molecule has 0 aromatic heterocycles. The molecule has 1 aromatic rings. The highest BCUT2D eigenvalue weighted by Gasteiger charge is 2.22. The maximum atomic E-state index is 9.21. The van der Waals surface area contributed by atoms with Crippen molar-refractivity contribution >= 4 is 0 Å². The third-order valence-corrected chi connectivity index (χ3v) is 3.35. The van der Waals surface area contributed by atoms with Crippen LogP contribution in [-0.2, 0) is 0 Å². The Kier molecular flexibility index (Phi) is 4.40. The minimum Gasteiger partial charge on any atom is -0.492 e. The van der Waals surface area contributed by atoms with Crippen molar-refractivity contribution < 1.29 is 9.84 Å². The van der Waals surface area contributed by atoms with Gasteiger partial charge in [0.1, 0.15) is 12.4 Å². The lowest BCUT2D eigenvalue weighted by Crippen LogP contribution is -2.35. The van der Waals surface area contributed by atoms with E-state index in [1.165, 1.54) is 12.0 Å². The van der Waals surface area contributed by atoms with E-state index in [0.717, 1.165) is 25.3 Å². The van der Waals surface area contributed by atoms with E-state index in [9.17, 15) is 5.11 Å². The summed E-state index contributed by atoms with van der Waals surface area (Å²) < 4.78 is 5.72. The van der Waals surface area contributed by atoms with Crippen LogP contribution in [0, 0.1) is 6.92 Å². The van der Waals surface area contributed by atoms with Gasteiger partial charge >= 0.3 is 0 Å². The number of aliphatic hydroxyl groups is 1. The average Bonchev–Trinajstić information content (AvgIpc) is 2.77. The molecule has 0 amide bonds. The van der Waals surface area contributed by atoms with Gasteiger partial charge in [-0.25, -0.2) is 0 Å². The van der Waals surface area contributed by atoms with Gasteiger partial charge in [0.25, 0.3) is 0 Å². The number of aliphatic hydroxyl groups excluding tert-OH is 1. The molecule has 1 N–H and O–H groups in total. The summed E-state index contributed by atoms with van der Waals surface area (Å²) >= 11 is 0. The van der Waals surface area contributed by atoms with E-state index in [1.54, 1.807) is 0 Å². The van der Waals surface area contributed by atoms with Crippen LogP contribution < -0.4 is 4.74 Å². The van der Waals surface area contributed by atoms with Gasteiger partial charge in [-0.15, -0.1) is 0 Å². The Bertz CT molecular complexity index is 354. The van der Waals surface area contributed by atoms with Crippen LogP contribution >= 0.6 is 0 Å². The summed E-state index contributed by atoms with van der Waals surface area (Å²) in [6.07, 6.45) is 2.30. The summed E-state index contributed by atoms with van der Waals surface area (Å²) in [7, 11) is 0. The summed E-state index contributed by atoms with van der Waals surface area (Å²) in [5.74, 6) is 0.935. The van der Waals surface area contributed by atoms with Crippen molar-refractivity contribution in [1.82, 2.24) is 4.90 Å². The summed E-state index contributed by atoms with van der Waals surface area (Å²) in [5.41, 5.74) is 1.22. The van der Waals surface area contributed by atoms with Crippen LogP contribution in [0.2, 0.25) is 0 Å². The molecule has 0 unspecified atom stereocenters. The first-order chi connectivity index (χ1) is 8.29. The predicted octanol–water partition coefficient (Wildman–Crippen LogP) is 1.83. The quantitative estimate of drug-likeness (QED) is 0.845. The van der Waals surface area contributed by atoms with Gasteiger partial charge < -0.3 is 9.84 Å². The van der Waals surface area contributed by atoms with Crippen LogP contribution in [0.25, 0.3) is 0 Å². The van der Waals surface area contributed by atoms with Crippen molar-refractivity contribution in [2.45, 2.75) is 25.8 Å². The zero-order valence-electron chi connectivity index (χ0n) is 10.4. The molecule has 1 aromatic carbocycles. The number of nitrogens with zero attached hydrogens (tertiary/aromatic N) is 1. The minimum absolute atomic E-state index is 0.268. The average molecular weight is 235 g/mol. The Hall–Kier alpha value is -1.06. The smallest absolute Gasteiger partial charge is 0.119 e. The first-order valence-electron chi connectivity index (χ1n) is 6.34. The van der Waals surface area contributed by atoms with Crippen molar-refractivity contribution in [3.63, 3.8) is 0 Å². The van der Waals surface area contributed by atoms with E-state index >= 15 is 0 Å². The number of benzene rings is 1. The lowest BCUT2D eigenvalue weighted by Gasteiger charge is -2.22. The molecule has 1 aliphatic heterocycles. The van der Waals surface area contributed by atoms with Crippen molar-refractivity contribution in [2.24, 2.45) is 0 Å². The largest absolute Gasteiger partial charge is 0.492 e. The fourth-order valence-corrected chi connectivity index (χ4v) is 2.38. The van der Waals surface area contributed by atoms with Crippen molar-refractivity contribution in [3.05, 3.63) is 29.8 Å². The number of likely N-dealkylation sites (tertiary alicyclic amines) is 1. The number of rotatable bonds is 5. The molecular formula is C14H21NO2. The minimum atomic E-state index is 0.268. The third-order valence-electron chi connectivity index (χ3n) is 3.35.